The molecule has 5 heteroatoms. The molecule has 0 amide bonds. The van der Waals surface area contributed by atoms with Crippen LogP contribution in [0.4, 0.5) is 0 Å². The van der Waals surface area contributed by atoms with Crippen molar-refractivity contribution in [3.05, 3.63) is 21.7 Å². The fraction of sp³-hybridized carbons (Fsp3) is 0.636. The zero-order valence-corrected chi connectivity index (χ0v) is 11.2. The lowest BCUT2D eigenvalue weighted by molar-refractivity contribution is 0.0532. The molecule has 1 aromatic rings. The van der Waals surface area contributed by atoms with Gasteiger partial charge in [-0.2, -0.15) is 11.8 Å². The third-order valence-electron chi connectivity index (χ3n) is 2.66. The molecule has 16 heavy (non-hydrogen) atoms. The van der Waals surface area contributed by atoms with E-state index in [0.29, 0.717) is 6.61 Å². The Morgan fingerprint density at radius 2 is 2.31 bits per heavy atom. The third kappa shape index (κ3) is 2.31. The predicted molar refractivity (Wildman–Crippen MR) is 69.1 cm³/mol. The van der Waals surface area contributed by atoms with Gasteiger partial charge in [0.25, 0.3) is 0 Å². The third-order valence-corrected chi connectivity index (χ3v) is 3.98. The second kappa shape index (κ2) is 5.29. The van der Waals surface area contributed by atoms with Crippen LogP contribution >= 0.6 is 24.0 Å². The normalized spacial score (nSPS) is 16.1. The molecule has 0 saturated carbocycles. The quantitative estimate of drug-likeness (QED) is 0.838. The molecule has 1 aromatic heterocycles. The molecule has 1 aliphatic heterocycles. The van der Waals surface area contributed by atoms with Crippen molar-refractivity contribution in [3.63, 3.8) is 0 Å². The van der Waals surface area contributed by atoms with Crippen LogP contribution in [0.1, 0.15) is 43.5 Å². The SMILES string of the molecule is CCOC(CC)c1nc(=S)c2c([nH]1)CSC2. The number of nitrogens with one attached hydrogen (secondary N) is 1. The van der Waals surface area contributed by atoms with Crippen LogP contribution in [-0.4, -0.2) is 16.6 Å². The molecular formula is C11H16N2OS2. The topological polar surface area (TPSA) is 37.9 Å². The summed E-state index contributed by atoms with van der Waals surface area (Å²) in [6, 6.07) is 0. The molecule has 0 aromatic carbocycles. The average Bonchev–Trinajstić information content (AvgIpc) is 2.74. The number of rotatable bonds is 4. The second-order valence-electron chi connectivity index (χ2n) is 3.73. The number of hydrogen-bond donors (Lipinski definition) is 1. The van der Waals surface area contributed by atoms with Crippen LogP contribution in [-0.2, 0) is 16.2 Å². The van der Waals surface area contributed by atoms with Crippen molar-refractivity contribution in [1.29, 1.82) is 0 Å². The molecular weight excluding hydrogens is 240 g/mol. The summed E-state index contributed by atoms with van der Waals surface area (Å²) < 4.78 is 6.39. The largest absolute Gasteiger partial charge is 0.371 e. The van der Waals surface area contributed by atoms with Gasteiger partial charge >= 0.3 is 0 Å². The summed E-state index contributed by atoms with van der Waals surface area (Å²) in [5.41, 5.74) is 2.44. The van der Waals surface area contributed by atoms with Gasteiger partial charge < -0.3 is 9.72 Å². The van der Waals surface area contributed by atoms with E-state index in [9.17, 15) is 0 Å². The lowest BCUT2D eigenvalue weighted by Crippen LogP contribution is -2.10. The lowest BCUT2D eigenvalue weighted by atomic mass is 10.2. The number of nitrogens with zero attached hydrogens (tertiary/aromatic N) is 1. The summed E-state index contributed by atoms with van der Waals surface area (Å²) in [5, 5.41) is 0. The number of aromatic amines is 1. The summed E-state index contributed by atoms with van der Waals surface area (Å²) in [6.45, 7) is 4.80. The number of aromatic nitrogens is 2. The summed E-state index contributed by atoms with van der Waals surface area (Å²) in [6.07, 6.45) is 0.959. The summed E-state index contributed by atoms with van der Waals surface area (Å²) in [7, 11) is 0. The number of thioether (sulfide) groups is 1. The second-order valence-corrected chi connectivity index (χ2v) is 5.10. The summed E-state index contributed by atoms with van der Waals surface area (Å²) in [5.74, 6) is 2.89. The van der Waals surface area contributed by atoms with Crippen molar-refractivity contribution < 1.29 is 4.74 Å². The fourth-order valence-electron chi connectivity index (χ4n) is 1.83. The highest BCUT2D eigenvalue weighted by molar-refractivity contribution is 7.98. The van der Waals surface area contributed by atoms with Crippen molar-refractivity contribution in [2.75, 3.05) is 6.61 Å². The van der Waals surface area contributed by atoms with Crippen LogP contribution in [0, 0.1) is 4.64 Å². The van der Waals surface area contributed by atoms with Crippen LogP contribution in [0.2, 0.25) is 0 Å². The monoisotopic (exact) mass is 256 g/mol. The first-order valence-corrected chi connectivity index (χ1v) is 7.13. The van der Waals surface area contributed by atoms with Gasteiger partial charge in [-0.3, -0.25) is 0 Å². The Balaban J connectivity index is 2.35. The molecule has 1 atom stereocenters. The van der Waals surface area contributed by atoms with Crippen molar-refractivity contribution in [2.24, 2.45) is 0 Å². The molecule has 88 valence electrons. The van der Waals surface area contributed by atoms with E-state index in [4.69, 9.17) is 17.0 Å². The minimum atomic E-state index is 0.0441. The number of ether oxygens (including phenoxy) is 1. The van der Waals surface area contributed by atoms with Gasteiger partial charge in [-0.25, -0.2) is 4.98 Å². The van der Waals surface area contributed by atoms with Crippen LogP contribution < -0.4 is 0 Å². The first-order chi connectivity index (χ1) is 7.76. The Labute approximate surface area is 105 Å². The van der Waals surface area contributed by atoms with Crippen LogP contribution in [0.5, 0.6) is 0 Å². The highest BCUT2D eigenvalue weighted by Crippen LogP contribution is 2.30. The molecule has 0 spiro atoms. The molecule has 2 heterocycles. The van der Waals surface area contributed by atoms with Gasteiger partial charge in [0.05, 0.1) is 0 Å². The van der Waals surface area contributed by atoms with Gasteiger partial charge in [0.2, 0.25) is 0 Å². The van der Waals surface area contributed by atoms with E-state index < -0.39 is 0 Å². The minimum absolute atomic E-state index is 0.0441. The summed E-state index contributed by atoms with van der Waals surface area (Å²) >= 11 is 7.20. The lowest BCUT2D eigenvalue weighted by Gasteiger charge is -2.15. The Bertz CT molecular complexity index is 430. The Kier molecular flexibility index (Phi) is 4.00. The number of H-pyrrole nitrogens is 1. The van der Waals surface area contributed by atoms with Gasteiger partial charge in [-0.05, 0) is 13.3 Å². The zero-order chi connectivity index (χ0) is 11.5. The molecule has 0 bridgehead atoms. The van der Waals surface area contributed by atoms with Crippen molar-refractivity contribution >= 4 is 24.0 Å². The molecule has 2 rings (SSSR count). The fourth-order valence-corrected chi connectivity index (χ4v) is 3.29. The van der Waals surface area contributed by atoms with Crippen LogP contribution in [0.25, 0.3) is 0 Å². The smallest absolute Gasteiger partial charge is 0.137 e. The van der Waals surface area contributed by atoms with Crippen molar-refractivity contribution in [2.45, 2.75) is 37.9 Å². The van der Waals surface area contributed by atoms with E-state index >= 15 is 0 Å². The van der Waals surface area contributed by atoms with Crippen molar-refractivity contribution in [3.8, 4) is 0 Å². The molecule has 0 fully saturated rings. The molecule has 0 radical (unpaired) electrons. The van der Waals surface area contributed by atoms with Gasteiger partial charge in [0.1, 0.15) is 16.6 Å². The van der Waals surface area contributed by atoms with Crippen LogP contribution in [0.15, 0.2) is 0 Å². The minimum Gasteiger partial charge on any atom is -0.371 e. The summed E-state index contributed by atoms with van der Waals surface area (Å²) in [4.78, 5) is 7.83. The molecule has 3 nitrogen and oxygen atoms in total. The molecule has 1 aliphatic rings. The number of fused-ring (bicyclic) bond motifs is 1. The molecule has 0 saturated heterocycles. The highest BCUT2D eigenvalue weighted by atomic mass is 32.2. The molecule has 1 unspecified atom stereocenters. The maximum atomic E-state index is 5.65. The van der Waals surface area contributed by atoms with E-state index in [-0.39, 0.29) is 6.10 Å². The predicted octanol–water partition coefficient (Wildman–Crippen LogP) is 3.37. The first-order valence-electron chi connectivity index (χ1n) is 5.57. The standard InChI is InChI=1S/C11H16N2OS2/c1-3-9(14-4-2)10-12-8-6-16-5-7(8)11(15)13-10/h9H,3-6H2,1-2H3,(H,12,13,15). The maximum absolute atomic E-state index is 5.65. The van der Waals surface area contributed by atoms with E-state index in [0.717, 1.165) is 28.4 Å². The van der Waals surface area contributed by atoms with E-state index in [1.165, 1.54) is 11.3 Å². The molecule has 1 N–H and O–H groups in total. The zero-order valence-electron chi connectivity index (χ0n) is 9.58. The van der Waals surface area contributed by atoms with E-state index in [1.54, 1.807) is 0 Å². The maximum Gasteiger partial charge on any atom is 0.137 e. The van der Waals surface area contributed by atoms with Crippen molar-refractivity contribution in [1.82, 2.24) is 9.97 Å². The van der Waals surface area contributed by atoms with Gasteiger partial charge in [-0.15, -0.1) is 0 Å². The Morgan fingerprint density at radius 3 is 3.00 bits per heavy atom. The average molecular weight is 256 g/mol. The first kappa shape index (κ1) is 12.1. The Hall–Kier alpha value is -0.390. The van der Waals surface area contributed by atoms with Gasteiger partial charge in [0.15, 0.2) is 0 Å². The highest BCUT2D eigenvalue weighted by Gasteiger charge is 2.18. The van der Waals surface area contributed by atoms with Crippen LogP contribution in [0.3, 0.4) is 0 Å². The number of hydrogen-bond acceptors (Lipinski definition) is 4. The van der Waals surface area contributed by atoms with E-state index in [1.807, 2.05) is 18.7 Å². The van der Waals surface area contributed by atoms with Gasteiger partial charge in [-0.1, -0.05) is 19.1 Å². The van der Waals surface area contributed by atoms with Gasteiger partial charge in [0, 0.05) is 29.4 Å². The molecule has 0 aliphatic carbocycles. The van der Waals surface area contributed by atoms with E-state index in [2.05, 4.69) is 16.9 Å². The Morgan fingerprint density at radius 1 is 1.50 bits per heavy atom.